The number of ether oxygens (including phenoxy) is 1. The van der Waals surface area contributed by atoms with Crippen molar-refractivity contribution in [1.29, 1.82) is 0 Å². The third-order valence-electron chi connectivity index (χ3n) is 2.94. The number of H-pyrrole nitrogens is 1. The Kier molecular flexibility index (Phi) is 3.79. The predicted octanol–water partition coefficient (Wildman–Crippen LogP) is 1.37. The fourth-order valence-corrected chi connectivity index (χ4v) is 2.02. The molecule has 0 aliphatic carbocycles. The number of carbonyl (C=O) groups excluding carboxylic acids is 1. The summed E-state index contributed by atoms with van der Waals surface area (Å²) in [5.41, 5.74) is 1.78. The van der Waals surface area contributed by atoms with E-state index in [0.29, 0.717) is 6.42 Å². The van der Waals surface area contributed by atoms with Gasteiger partial charge in [0.05, 0.1) is 31.2 Å². The van der Waals surface area contributed by atoms with Crippen LogP contribution in [0.25, 0.3) is 10.9 Å². The van der Waals surface area contributed by atoms with Crippen LogP contribution < -0.4 is 0 Å². The van der Waals surface area contributed by atoms with E-state index in [9.17, 15) is 9.59 Å². The number of benzene rings is 1. The standard InChI is InChI=1S/C13H14N2O4/c1-19-13(18)9(6-12(16)17)4-8-2-3-11-10(5-8)7-14-15-11/h2-3,5,7,9H,4,6H2,1H3,(H,14,15)(H,16,17)/t9-/m0/s1. The average molecular weight is 262 g/mol. The highest BCUT2D eigenvalue weighted by Gasteiger charge is 2.22. The Morgan fingerprint density at radius 2 is 2.26 bits per heavy atom. The van der Waals surface area contributed by atoms with Gasteiger partial charge in [0.2, 0.25) is 0 Å². The maximum Gasteiger partial charge on any atom is 0.309 e. The molecule has 0 aliphatic rings. The molecular formula is C13H14N2O4. The Morgan fingerprint density at radius 1 is 1.47 bits per heavy atom. The Labute approximate surface area is 109 Å². The van der Waals surface area contributed by atoms with E-state index in [1.54, 1.807) is 6.20 Å². The summed E-state index contributed by atoms with van der Waals surface area (Å²) in [5.74, 6) is -2.19. The molecule has 0 amide bonds. The molecule has 0 unspecified atom stereocenters. The molecule has 1 aromatic heterocycles. The fourth-order valence-electron chi connectivity index (χ4n) is 2.02. The molecule has 6 nitrogen and oxygen atoms in total. The van der Waals surface area contributed by atoms with E-state index >= 15 is 0 Å². The van der Waals surface area contributed by atoms with Gasteiger partial charge in [0.1, 0.15) is 0 Å². The minimum absolute atomic E-state index is 0.240. The van der Waals surface area contributed by atoms with Crippen molar-refractivity contribution in [3.05, 3.63) is 30.0 Å². The molecule has 0 spiro atoms. The molecule has 2 rings (SSSR count). The zero-order chi connectivity index (χ0) is 13.8. The minimum Gasteiger partial charge on any atom is -0.481 e. The average Bonchev–Trinajstić information content (AvgIpc) is 2.84. The summed E-state index contributed by atoms with van der Waals surface area (Å²) >= 11 is 0. The maximum absolute atomic E-state index is 11.6. The highest BCUT2D eigenvalue weighted by molar-refractivity contribution is 5.81. The number of methoxy groups -OCH3 is 1. The SMILES string of the molecule is COC(=O)[C@H](CC(=O)O)Cc1ccc2[nH]ncc2c1. The van der Waals surface area contributed by atoms with Crippen molar-refractivity contribution in [2.45, 2.75) is 12.8 Å². The van der Waals surface area contributed by atoms with Gasteiger partial charge in [-0.2, -0.15) is 5.10 Å². The van der Waals surface area contributed by atoms with Crippen LogP contribution >= 0.6 is 0 Å². The molecule has 1 aromatic carbocycles. The topological polar surface area (TPSA) is 92.3 Å². The Balaban J connectivity index is 2.19. The van der Waals surface area contributed by atoms with Gasteiger partial charge >= 0.3 is 11.9 Å². The monoisotopic (exact) mass is 262 g/mol. The molecule has 1 atom stereocenters. The van der Waals surface area contributed by atoms with Crippen molar-refractivity contribution in [3.8, 4) is 0 Å². The summed E-state index contributed by atoms with van der Waals surface area (Å²) in [6.07, 6.45) is 1.78. The van der Waals surface area contributed by atoms with Crippen LogP contribution in [0.15, 0.2) is 24.4 Å². The molecule has 2 aromatic rings. The number of carboxylic acids is 1. The first-order valence-corrected chi connectivity index (χ1v) is 5.82. The third-order valence-corrected chi connectivity index (χ3v) is 2.94. The highest BCUT2D eigenvalue weighted by Crippen LogP contribution is 2.18. The van der Waals surface area contributed by atoms with Crippen LogP contribution in [0, 0.1) is 5.92 Å². The molecule has 19 heavy (non-hydrogen) atoms. The number of esters is 1. The van der Waals surface area contributed by atoms with Gasteiger partial charge in [0.15, 0.2) is 0 Å². The van der Waals surface area contributed by atoms with Crippen LogP contribution in [0.4, 0.5) is 0 Å². The number of aromatic amines is 1. The summed E-state index contributed by atoms with van der Waals surface area (Å²) in [6.45, 7) is 0. The lowest BCUT2D eigenvalue weighted by Gasteiger charge is -2.12. The number of aliphatic carboxylic acids is 1. The van der Waals surface area contributed by atoms with Gasteiger partial charge < -0.3 is 9.84 Å². The van der Waals surface area contributed by atoms with Crippen LogP contribution in [-0.4, -0.2) is 34.4 Å². The van der Waals surface area contributed by atoms with Gasteiger partial charge in [-0.1, -0.05) is 6.07 Å². The normalized spacial score (nSPS) is 12.3. The van der Waals surface area contributed by atoms with Gasteiger partial charge in [-0.25, -0.2) is 0 Å². The van der Waals surface area contributed by atoms with E-state index in [1.807, 2.05) is 18.2 Å². The summed E-state index contributed by atoms with van der Waals surface area (Å²) in [5, 5.41) is 16.5. The van der Waals surface area contributed by atoms with Crippen molar-refractivity contribution in [2.24, 2.45) is 5.92 Å². The van der Waals surface area contributed by atoms with Crippen molar-refractivity contribution in [3.63, 3.8) is 0 Å². The molecular weight excluding hydrogens is 248 g/mol. The summed E-state index contributed by atoms with van der Waals surface area (Å²) in [4.78, 5) is 22.3. The van der Waals surface area contributed by atoms with E-state index in [4.69, 9.17) is 5.11 Å². The quantitative estimate of drug-likeness (QED) is 0.794. The Morgan fingerprint density at radius 3 is 2.95 bits per heavy atom. The second kappa shape index (κ2) is 5.51. The molecule has 0 saturated heterocycles. The van der Waals surface area contributed by atoms with Crippen molar-refractivity contribution >= 4 is 22.8 Å². The minimum atomic E-state index is -1.01. The van der Waals surface area contributed by atoms with Gasteiger partial charge in [-0.05, 0) is 24.1 Å². The molecule has 1 heterocycles. The van der Waals surface area contributed by atoms with E-state index in [0.717, 1.165) is 16.5 Å². The second-order valence-corrected chi connectivity index (χ2v) is 4.31. The molecule has 6 heteroatoms. The third kappa shape index (κ3) is 3.09. The van der Waals surface area contributed by atoms with E-state index < -0.39 is 17.9 Å². The van der Waals surface area contributed by atoms with Crippen molar-refractivity contribution in [2.75, 3.05) is 7.11 Å². The first-order chi connectivity index (χ1) is 9.10. The molecule has 0 aliphatic heterocycles. The number of carbonyl (C=O) groups is 2. The highest BCUT2D eigenvalue weighted by atomic mass is 16.5. The summed E-state index contributed by atoms with van der Waals surface area (Å²) in [6, 6.07) is 5.59. The van der Waals surface area contributed by atoms with E-state index in [2.05, 4.69) is 14.9 Å². The smallest absolute Gasteiger partial charge is 0.309 e. The van der Waals surface area contributed by atoms with Gasteiger partial charge in [0.25, 0.3) is 0 Å². The number of nitrogens with one attached hydrogen (secondary N) is 1. The van der Waals surface area contributed by atoms with E-state index in [1.165, 1.54) is 7.11 Å². The van der Waals surface area contributed by atoms with Crippen molar-refractivity contribution < 1.29 is 19.4 Å². The first-order valence-electron chi connectivity index (χ1n) is 5.82. The van der Waals surface area contributed by atoms with Crippen LogP contribution in [0.1, 0.15) is 12.0 Å². The molecule has 2 N–H and O–H groups in total. The number of nitrogens with zero attached hydrogens (tertiary/aromatic N) is 1. The lowest BCUT2D eigenvalue weighted by molar-refractivity contribution is -0.150. The molecule has 100 valence electrons. The number of fused-ring (bicyclic) bond motifs is 1. The molecule has 0 radical (unpaired) electrons. The predicted molar refractivity (Wildman–Crippen MR) is 67.6 cm³/mol. The zero-order valence-corrected chi connectivity index (χ0v) is 10.4. The van der Waals surface area contributed by atoms with Crippen LogP contribution in [0.3, 0.4) is 0 Å². The Bertz CT molecular complexity index is 605. The van der Waals surface area contributed by atoms with Crippen LogP contribution in [-0.2, 0) is 20.7 Å². The maximum atomic E-state index is 11.6. The van der Waals surface area contributed by atoms with Gasteiger partial charge in [-0.15, -0.1) is 0 Å². The lowest BCUT2D eigenvalue weighted by atomic mass is 9.95. The summed E-state index contributed by atoms with van der Waals surface area (Å²) in [7, 11) is 1.26. The fraction of sp³-hybridized carbons (Fsp3) is 0.308. The number of hydrogen-bond acceptors (Lipinski definition) is 4. The molecule has 0 saturated carbocycles. The number of carboxylic acid groups (broad SMARTS) is 1. The number of hydrogen-bond donors (Lipinski definition) is 2. The number of rotatable bonds is 5. The number of aromatic nitrogens is 2. The van der Waals surface area contributed by atoms with Crippen LogP contribution in [0.5, 0.6) is 0 Å². The molecule has 0 fully saturated rings. The van der Waals surface area contributed by atoms with Gasteiger partial charge in [0, 0.05) is 5.39 Å². The molecule has 0 bridgehead atoms. The van der Waals surface area contributed by atoms with Crippen molar-refractivity contribution in [1.82, 2.24) is 10.2 Å². The van der Waals surface area contributed by atoms with E-state index in [-0.39, 0.29) is 6.42 Å². The zero-order valence-electron chi connectivity index (χ0n) is 10.4. The summed E-state index contributed by atoms with van der Waals surface area (Å²) < 4.78 is 4.64. The van der Waals surface area contributed by atoms with Gasteiger partial charge in [-0.3, -0.25) is 14.7 Å². The first kappa shape index (κ1) is 13.1. The lowest BCUT2D eigenvalue weighted by Crippen LogP contribution is -2.22. The van der Waals surface area contributed by atoms with Crippen LogP contribution in [0.2, 0.25) is 0 Å². The second-order valence-electron chi connectivity index (χ2n) is 4.31. The largest absolute Gasteiger partial charge is 0.481 e. The Hall–Kier alpha value is -2.37.